The number of amides is 1. The third-order valence-corrected chi connectivity index (χ3v) is 4.89. The van der Waals surface area contributed by atoms with Crippen molar-refractivity contribution in [2.24, 2.45) is 11.8 Å². The van der Waals surface area contributed by atoms with Gasteiger partial charge in [-0.1, -0.05) is 6.07 Å². The van der Waals surface area contributed by atoms with Gasteiger partial charge in [0.05, 0.1) is 23.8 Å². The Bertz CT molecular complexity index is 603. The Kier molecular flexibility index (Phi) is 3.75. The topological polar surface area (TPSA) is 78.5 Å². The van der Waals surface area contributed by atoms with Crippen molar-refractivity contribution in [3.8, 4) is 0 Å². The molecule has 6 heteroatoms. The second kappa shape index (κ2) is 5.42. The van der Waals surface area contributed by atoms with Crippen LogP contribution < -0.4 is 10.4 Å². The van der Waals surface area contributed by atoms with E-state index in [1.807, 2.05) is 19.1 Å². The van der Waals surface area contributed by atoms with Gasteiger partial charge in [0.2, 0.25) is 5.91 Å². The lowest BCUT2D eigenvalue weighted by molar-refractivity contribution is -0.313. The highest BCUT2D eigenvalue weighted by Gasteiger charge is 2.52. The number of aryl methyl sites for hydroxylation is 1. The van der Waals surface area contributed by atoms with Crippen molar-refractivity contribution in [1.29, 1.82) is 0 Å². The highest BCUT2D eigenvalue weighted by molar-refractivity contribution is 9.10. The summed E-state index contributed by atoms with van der Waals surface area (Å²) in [7, 11) is 0. The molecule has 1 N–H and O–H groups in total. The van der Waals surface area contributed by atoms with Crippen molar-refractivity contribution < 1.29 is 19.4 Å². The molecular formula is C15H15BrNO4-. The van der Waals surface area contributed by atoms with Crippen LogP contribution in [0, 0.1) is 18.8 Å². The first-order valence-electron chi connectivity index (χ1n) is 6.90. The molecule has 2 aliphatic heterocycles. The molecule has 1 aromatic carbocycles. The van der Waals surface area contributed by atoms with Crippen LogP contribution in [-0.4, -0.2) is 24.1 Å². The van der Waals surface area contributed by atoms with E-state index >= 15 is 0 Å². The van der Waals surface area contributed by atoms with Crippen molar-refractivity contribution in [2.45, 2.75) is 32.0 Å². The Balaban J connectivity index is 1.80. The van der Waals surface area contributed by atoms with E-state index in [1.54, 1.807) is 6.07 Å². The van der Waals surface area contributed by atoms with Gasteiger partial charge in [-0.15, -0.1) is 0 Å². The summed E-state index contributed by atoms with van der Waals surface area (Å²) in [4.78, 5) is 23.7. The highest BCUT2D eigenvalue weighted by Crippen LogP contribution is 2.43. The maximum Gasteiger partial charge on any atom is 0.230 e. The normalized spacial score (nSPS) is 30.4. The monoisotopic (exact) mass is 352 g/mol. The lowest BCUT2D eigenvalue weighted by Crippen LogP contribution is -2.46. The number of aliphatic carboxylic acids is 1. The molecule has 21 heavy (non-hydrogen) atoms. The van der Waals surface area contributed by atoms with Crippen LogP contribution in [0.15, 0.2) is 22.7 Å². The number of halogens is 1. The van der Waals surface area contributed by atoms with Crippen molar-refractivity contribution in [2.75, 3.05) is 5.32 Å². The summed E-state index contributed by atoms with van der Waals surface area (Å²) < 4.78 is 6.34. The fourth-order valence-electron chi connectivity index (χ4n) is 3.25. The van der Waals surface area contributed by atoms with E-state index in [9.17, 15) is 14.7 Å². The minimum atomic E-state index is -1.20. The van der Waals surface area contributed by atoms with Crippen LogP contribution in [0.4, 0.5) is 5.69 Å². The van der Waals surface area contributed by atoms with Gasteiger partial charge in [-0.2, -0.15) is 0 Å². The van der Waals surface area contributed by atoms with Crippen LogP contribution in [0.5, 0.6) is 0 Å². The molecule has 2 heterocycles. The number of rotatable bonds is 3. The predicted molar refractivity (Wildman–Crippen MR) is 77.4 cm³/mol. The van der Waals surface area contributed by atoms with E-state index in [0.29, 0.717) is 12.1 Å². The zero-order valence-electron chi connectivity index (χ0n) is 11.5. The standard InChI is InChI=1S/C15H16BrNO4/c1-7-2-3-9(8(16)6-7)17-14(18)12-10-4-5-11(21-10)13(12)15(19)20/h2-3,6,10-13H,4-5H2,1H3,(H,17,18)(H,19,20)/p-1/t10-,11+,12-,13+/m1/s1. The summed E-state index contributed by atoms with van der Waals surface area (Å²) in [6, 6.07) is 5.57. The van der Waals surface area contributed by atoms with Crippen LogP contribution in [0.2, 0.25) is 0 Å². The number of carboxylic acids is 1. The molecular weight excluding hydrogens is 338 g/mol. The van der Waals surface area contributed by atoms with Gasteiger partial charge in [0.1, 0.15) is 0 Å². The second-order valence-electron chi connectivity index (χ2n) is 5.63. The molecule has 0 saturated carbocycles. The van der Waals surface area contributed by atoms with Crippen LogP contribution >= 0.6 is 15.9 Å². The molecule has 2 aliphatic rings. The molecule has 0 spiro atoms. The number of ether oxygens (including phenoxy) is 1. The summed E-state index contributed by atoms with van der Waals surface area (Å²) in [6.07, 6.45) is 0.697. The molecule has 112 valence electrons. The van der Waals surface area contributed by atoms with E-state index in [1.165, 1.54) is 0 Å². The Morgan fingerprint density at radius 3 is 2.57 bits per heavy atom. The smallest absolute Gasteiger partial charge is 0.230 e. The SMILES string of the molecule is Cc1ccc(NC(=O)[C@H]2[C@@H](C(=O)[O-])[C@@H]3CC[C@H]2O3)c(Br)c1. The number of carbonyl (C=O) groups is 2. The molecule has 0 aliphatic carbocycles. The first-order chi connectivity index (χ1) is 9.97. The molecule has 0 radical (unpaired) electrons. The van der Waals surface area contributed by atoms with Crippen LogP contribution in [0.1, 0.15) is 18.4 Å². The lowest BCUT2D eigenvalue weighted by Gasteiger charge is -2.27. The van der Waals surface area contributed by atoms with E-state index in [4.69, 9.17) is 4.74 Å². The van der Waals surface area contributed by atoms with Gasteiger partial charge in [0.25, 0.3) is 0 Å². The number of hydrogen-bond donors (Lipinski definition) is 1. The Hall–Kier alpha value is -1.40. The average molecular weight is 353 g/mol. The fraction of sp³-hybridized carbons (Fsp3) is 0.467. The van der Waals surface area contributed by atoms with Gasteiger partial charge < -0.3 is 20.0 Å². The third-order valence-electron chi connectivity index (χ3n) is 4.23. The summed E-state index contributed by atoms with van der Waals surface area (Å²) in [5, 5.41) is 14.1. The number of hydrogen-bond acceptors (Lipinski definition) is 4. The van der Waals surface area contributed by atoms with Gasteiger partial charge >= 0.3 is 0 Å². The summed E-state index contributed by atoms with van der Waals surface area (Å²) >= 11 is 3.39. The summed E-state index contributed by atoms with van der Waals surface area (Å²) in [6.45, 7) is 1.95. The van der Waals surface area contributed by atoms with Crippen molar-refractivity contribution >= 4 is 33.5 Å². The molecule has 2 saturated heterocycles. The molecule has 1 aromatic rings. The van der Waals surface area contributed by atoms with Crippen molar-refractivity contribution in [3.63, 3.8) is 0 Å². The zero-order valence-corrected chi connectivity index (χ0v) is 13.1. The van der Waals surface area contributed by atoms with Crippen LogP contribution in [-0.2, 0) is 14.3 Å². The number of carboxylic acid groups (broad SMARTS) is 1. The van der Waals surface area contributed by atoms with Gasteiger partial charge in [-0.25, -0.2) is 0 Å². The van der Waals surface area contributed by atoms with Crippen LogP contribution in [0.25, 0.3) is 0 Å². The maximum absolute atomic E-state index is 12.5. The van der Waals surface area contributed by atoms with E-state index in [-0.39, 0.29) is 12.0 Å². The van der Waals surface area contributed by atoms with Crippen molar-refractivity contribution in [3.05, 3.63) is 28.2 Å². The molecule has 0 aromatic heterocycles. The maximum atomic E-state index is 12.5. The predicted octanol–water partition coefficient (Wildman–Crippen LogP) is 1.24. The number of nitrogens with one attached hydrogen (secondary N) is 1. The zero-order chi connectivity index (χ0) is 15.1. The number of fused-ring (bicyclic) bond motifs is 2. The van der Waals surface area contributed by atoms with Crippen molar-refractivity contribution in [1.82, 2.24) is 0 Å². The highest BCUT2D eigenvalue weighted by atomic mass is 79.9. The fourth-order valence-corrected chi connectivity index (χ4v) is 3.84. The van der Waals surface area contributed by atoms with Gasteiger partial charge in [0, 0.05) is 16.4 Å². The number of anilines is 1. The molecule has 4 atom stereocenters. The van der Waals surface area contributed by atoms with Crippen LogP contribution in [0.3, 0.4) is 0 Å². The molecule has 2 fully saturated rings. The average Bonchev–Trinajstić information content (AvgIpc) is 3.02. The summed E-state index contributed by atoms with van der Waals surface area (Å²) in [5.74, 6) is -3.05. The van der Waals surface area contributed by atoms with E-state index in [0.717, 1.165) is 16.5 Å². The third kappa shape index (κ3) is 2.58. The Morgan fingerprint density at radius 1 is 1.29 bits per heavy atom. The minimum Gasteiger partial charge on any atom is -0.550 e. The number of benzene rings is 1. The Morgan fingerprint density at radius 2 is 1.95 bits per heavy atom. The first kappa shape index (κ1) is 14.5. The molecule has 3 rings (SSSR count). The number of carbonyl (C=O) groups excluding carboxylic acids is 2. The Labute approximate surface area is 130 Å². The molecule has 1 amide bonds. The largest absolute Gasteiger partial charge is 0.550 e. The lowest BCUT2D eigenvalue weighted by atomic mass is 9.78. The van der Waals surface area contributed by atoms with E-state index < -0.39 is 23.9 Å². The summed E-state index contributed by atoms with van der Waals surface area (Å²) in [5.41, 5.74) is 1.70. The molecule has 0 unspecified atom stereocenters. The van der Waals surface area contributed by atoms with Gasteiger partial charge in [-0.3, -0.25) is 4.79 Å². The van der Waals surface area contributed by atoms with E-state index in [2.05, 4.69) is 21.2 Å². The quantitative estimate of drug-likeness (QED) is 0.887. The minimum absolute atomic E-state index is 0.317. The molecule has 5 nitrogen and oxygen atoms in total. The second-order valence-corrected chi connectivity index (χ2v) is 6.49. The first-order valence-corrected chi connectivity index (χ1v) is 7.70. The van der Waals surface area contributed by atoms with Gasteiger partial charge in [-0.05, 0) is 53.4 Å². The van der Waals surface area contributed by atoms with Gasteiger partial charge in [0.15, 0.2) is 0 Å². The molecule has 2 bridgehead atoms.